The summed E-state index contributed by atoms with van der Waals surface area (Å²) in [6, 6.07) is -0.0828. The predicted octanol–water partition coefficient (Wildman–Crippen LogP) is -1.29. The highest BCUT2D eigenvalue weighted by Crippen LogP contribution is 1.97. The largest absolute Gasteiger partial charge is 0.481 e. The van der Waals surface area contributed by atoms with Crippen molar-refractivity contribution in [2.75, 3.05) is 13.6 Å². The normalized spacial score (nSPS) is 12.1. The summed E-state index contributed by atoms with van der Waals surface area (Å²) >= 11 is 0. The molecule has 0 aliphatic heterocycles. The summed E-state index contributed by atoms with van der Waals surface area (Å²) in [6.45, 7) is 0.446. The fraction of sp³-hybridized carbons (Fsp3) is 0.714. The molecular formula is C7H16N4O2. The molecule has 0 aromatic heterocycles. The lowest BCUT2D eigenvalue weighted by molar-refractivity contribution is -0.137. The van der Waals surface area contributed by atoms with Gasteiger partial charge in [-0.25, -0.2) is 0 Å². The fourth-order valence-corrected chi connectivity index (χ4v) is 0.909. The lowest BCUT2D eigenvalue weighted by Crippen LogP contribution is -2.29. The molecule has 0 fully saturated rings. The van der Waals surface area contributed by atoms with Gasteiger partial charge < -0.3 is 21.9 Å². The molecule has 1 atom stereocenters. The van der Waals surface area contributed by atoms with Gasteiger partial charge in [-0.1, -0.05) is 0 Å². The van der Waals surface area contributed by atoms with E-state index in [1.54, 1.807) is 7.05 Å². The number of nitrogens with two attached hydrogens (primary N) is 2. The average molecular weight is 188 g/mol. The smallest absolute Gasteiger partial charge is 0.304 e. The Bertz CT molecular complexity index is 189. The molecule has 0 aliphatic rings. The third-order valence-corrected chi connectivity index (χ3v) is 1.60. The zero-order valence-corrected chi connectivity index (χ0v) is 7.66. The highest BCUT2D eigenvalue weighted by molar-refractivity contribution is 5.75. The molecule has 6 heteroatoms. The number of rotatable bonds is 6. The molecule has 6 nitrogen and oxygen atoms in total. The van der Waals surface area contributed by atoms with E-state index in [0.29, 0.717) is 13.0 Å². The molecule has 76 valence electrons. The Labute approximate surface area is 77.0 Å². The Morgan fingerprint density at radius 3 is 2.62 bits per heavy atom. The molecule has 13 heavy (non-hydrogen) atoms. The molecule has 0 aliphatic carbocycles. The Morgan fingerprint density at radius 1 is 1.62 bits per heavy atom. The highest BCUT2D eigenvalue weighted by Gasteiger charge is 2.09. The number of hydrogen-bond acceptors (Lipinski definition) is 3. The number of hydrogen-bond donors (Lipinski definition) is 4. The van der Waals surface area contributed by atoms with Crippen LogP contribution in [0.15, 0.2) is 4.99 Å². The molecule has 0 unspecified atom stereocenters. The van der Waals surface area contributed by atoms with E-state index in [1.165, 1.54) is 0 Å². The molecule has 0 radical (unpaired) electrons. The Kier molecular flexibility index (Phi) is 5.62. The van der Waals surface area contributed by atoms with E-state index in [4.69, 9.17) is 16.6 Å². The van der Waals surface area contributed by atoms with Crippen LogP contribution in [0.25, 0.3) is 0 Å². The second-order valence-corrected chi connectivity index (χ2v) is 2.68. The predicted molar refractivity (Wildman–Crippen MR) is 50.4 cm³/mol. The van der Waals surface area contributed by atoms with Crippen molar-refractivity contribution in [2.24, 2.45) is 16.5 Å². The van der Waals surface area contributed by atoms with Crippen LogP contribution in [0.1, 0.15) is 12.8 Å². The standard InChI is InChI=1S/C7H16N4O2/c1-10-5(4-6(12)13)2-3-11-7(8)9/h5,10H,2-4H2,1H3,(H,12,13)(H4,8,9,11)/t5-/m0/s1. The van der Waals surface area contributed by atoms with Crippen molar-refractivity contribution in [1.82, 2.24) is 5.32 Å². The minimum Gasteiger partial charge on any atom is -0.481 e. The zero-order valence-electron chi connectivity index (χ0n) is 7.66. The summed E-state index contributed by atoms with van der Waals surface area (Å²) in [4.78, 5) is 14.1. The molecule has 0 amide bonds. The van der Waals surface area contributed by atoms with Crippen molar-refractivity contribution in [3.05, 3.63) is 0 Å². The second-order valence-electron chi connectivity index (χ2n) is 2.68. The van der Waals surface area contributed by atoms with Crippen LogP contribution in [0.3, 0.4) is 0 Å². The third kappa shape index (κ3) is 7.07. The molecule has 0 spiro atoms. The molecule has 0 aromatic rings. The first kappa shape index (κ1) is 11.7. The Balaban J connectivity index is 3.72. The van der Waals surface area contributed by atoms with Gasteiger partial charge in [0.2, 0.25) is 0 Å². The molecule has 0 saturated heterocycles. The van der Waals surface area contributed by atoms with Gasteiger partial charge in [0.1, 0.15) is 0 Å². The number of aliphatic carboxylic acids is 1. The quantitative estimate of drug-likeness (QED) is 0.306. The summed E-state index contributed by atoms with van der Waals surface area (Å²) in [5.74, 6) is -0.797. The van der Waals surface area contributed by atoms with Crippen molar-refractivity contribution >= 4 is 11.9 Å². The van der Waals surface area contributed by atoms with Crippen molar-refractivity contribution < 1.29 is 9.90 Å². The first-order valence-corrected chi connectivity index (χ1v) is 4.00. The van der Waals surface area contributed by atoms with Crippen molar-refractivity contribution in [3.8, 4) is 0 Å². The van der Waals surface area contributed by atoms with E-state index >= 15 is 0 Å². The number of carbonyl (C=O) groups is 1. The maximum atomic E-state index is 10.3. The van der Waals surface area contributed by atoms with Crippen LogP contribution in [0, 0.1) is 0 Å². The van der Waals surface area contributed by atoms with E-state index in [9.17, 15) is 4.79 Å². The van der Waals surface area contributed by atoms with E-state index in [2.05, 4.69) is 10.3 Å². The van der Waals surface area contributed by atoms with Crippen LogP contribution in [-0.2, 0) is 4.79 Å². The van der Waals surface area contributed by atoms with E-state index in [0.717, 1.165) is 0 Å². The van der Waals surface area contributed by atoms with Crippen LogP contribution < -0.4 is 16.8 Å². The maximum absolute atomic E-state index is 10.3. The lowest BCUT2D eigenvalue weighted by atomic mass is 10.1. The van der Waals surface area contributed by atoms with E-state index in [-0.39, 0.29) is 18.4 Å². The van der Waals surface area contributed by atoms with Gasteiger partial charge in [-0.2, -0.15) is 0 Å². The van der Waals surface area contributed by atoms with E-state index in [1.807, 2.05) is 0 Å². The molecule has 0 heterocycles. The number of carboxylic acids is 1. The van der Waals surface area contributed by atoms with Gasteiger partial charge in [-0.3, -0.25) is 9.79 Å². The second kappa shape index (κ2) is 6.24. The first-order valence-electron chi connectivity index (χ1n) is 4.00. The molecule has 0 rings (SSSR count). The zero-order chi connectivity index (χ0) is 10.3. The minimum absolute atomic E-state index is 0.0326. The van der Waals surface area contributed by atoms with Gasteiger partial charge in [0, 0.05) is 12.6 Å². The number of nitrogens with zero attached hydrogens (tertiary/aromatic N) is 1. The summed E-state index contributed by atoms with van der Waals surface area (Å²) in [5, 5.41) is 11.4. The molecule has 0 bridgehead atoms. The maximum Gasteiger partial charge on any atom is 0.304 e. The number of aliphatic imine (C=N–C) groups is 1. The first-order chi connectivity index (χ1) is 6.06. The summed E-state index contributed by atoms with van der Waals surface area (Å²) in [7, 11) is 1.71. The van der Waals surface area contributed by atoms with Crippen molar-refractivity contribution in [1.29, 1.82) is 0 Å². The van der Waals surface area contributed by atoms with Gasteiger partial charge in [0.15, 0.2) is 5.96 Å². The topological polar surface area (TPSA) is 114 Å². The van der Waals surface area contributed by atoms with Gasteiger partial charge in [0.05, 0.1) is 6.42 Å². The molecular weight excluding hydrogens is 172 g/mol. The highest BCUT2D eigenvalue weighted by atomic mass is 16.4. The SMILES string of the molecule is CN[C@@H](CCN=C(N)N)CC(=O)O. The van der Waals surface area contributed by atoms with Crippen LogP contribution in [-0.4, -0.2) is 36.7 Å². The van der Waals surface area contributed by atoms with Gasteiger partial charge in [0.25, 0.3) is 0 Å². The van der Waals surface area contributed by atoms with Crippen molar-refractivity contribution in [3.63, 3.8) is 0 Å². The Morgan fingerprint density at radius 2 is 2.23 bits per heavy atom. The summed E-state index contributed by atoms with van der Waals surface area (Å²) in [5.41, 5.74) is 10.2. The summed E-state index contributed by atoms with van der Waals surface area (Å²) < 4.78 is 0. The number of carboxylic acid groups (broad SMARTS) is 1. The fourth-order valence-electron chi connectivity index (χ4n) is 0.909. The number of nitrogens with one attached hydrogen (secondary N) is 1. The van der Waals surface area contributed by atoms with Crippen LogP contribution >= 0.6 is 0 Å². The lowest BCUT2D eigenvalue weighted by Gasteiger charge is -2.11. The van der Waals surface area contributed by atoms with E-state index < -0.39 is 5.97 Å². The monoisotopic (exact) mass is 188 g/mol. The van der Waals surface area contributed by atoms with Gasteiger partial charge in [-0.15, -0.1) is 0 Å². The van der Waals surface area contributed by atoms with Crippen LogP contribution in [0.2, 0.25) is 0 Å². The van der Waals surface area contributed by atoms with Gasteiger partial charge in [-0.05, 0) is 13.5 Å². The van der Waals surface area contributed by atoms with Crippen molar-refractivity contribution in [2.45, 2.75) is 18.9 Å². The number of guanidine groups is 1. The average Bonchev–Trinajstić information content (AvgIpc) is 2.01. The minimum atomic E-state index is -0.830. The molecule has 6 N–H and O–H groups in total. The van der Waals surface area contributed by atoms with Crippen LogP contribution in [0.5, 0.6) is 0 Å². The third-order valence-electron chi connectivity index (χ3n) is 1.60. The van der Waals surface area contributed by atoms with Gasteiger partial charge >= 0.3 is 5.97 Å². The van der Waals surface area contributed by atoms with Crippen LogP contribution in [0.4, 0.5) is 0 Å². The Hall–Kier alpha value is -1.30. The molecule has 0 saturated carbocycles. The molecule has 0 aromatic carbocycles. The summed E-state index contributed by atoms with van der Waals surface area (Å²) in [6.07, 6.45) is 0.692.